The van der Waals surface area contributed by atoms with E-state index >= 15 is 0 Å². The molecule has 2 nitrogen and oxygen atoms in total. The van der Waals surface area contributed by atoms with E-state index in [1.165, 1.54) is 12.1 Å². The number of nitrogens with zero attached hydrogens (tertiary/aromatic N) is 1. The summed E-state index contributed by atoms with van der Waals surface area (Å²) in [6.07, 6.45) is 3.51. The first-order chi connectivity index (χ1) is 9.66. The van der Waals surface area contributed by atoms with Gasteiger partial charge in [-0.2, -0.15) is 0 Å². The molecule has 0 spiro atoms. The Kier molecular flexibility index (Phi) is 3.38. The quantitative estimate of drug-likeness (QED) is 0.771. The van der Waals surface area contributed by atoms with E-state index in [-0.39, 0.29) is 5.02 Å². The van der Waals surface area contributed by atoms with Gasteiger partial charge in [-0.1, -0.05) is 35.9 Å². The highest BCUT2D eigenvalue weighted by Gasteiger charge is 2.13. The first-order valence-corrected chi connectivity index (χ1v) is 6.58. The van der Waals surface area contributed by atoms with Crippen molar-refractivity contribution < 1.29 is 4.39 Å². The van der Waals surface area contributed by atoms with Crippen LogP contribution in [-0.4, -0.2) is 4.98 Å². The van der Waals surface area contributed by atoms with E-state index in [9.17, 15) is 4.39 Å². The summed E-state index contributed by atoms with van der Waals surface area (Å²) >= 11 is 5.70. The molecule has 0 aliphatic heterocycles. The van der Waals surface area contributed by atoms with Gasteiger partial charge in [0.15, 0.2) is 0 Å². The second-order valence-electron chi connectivity index (χ2n) is 4.60. The normalized spacial score (nSPS) is 12.6. The lowest BCUT2D eigenvalue weighted by Crippen LogP contribution is -2.12. The van der Waals surface area contributed by atoms with E-state index in [0.717, 1.165) is 16.3 Å². The van der Waals surface area contributed by atoms with Crippen molar-refractivity contribution in [2.24, 2.45) is 5.73 Å². The Morgan fingerprint density at radius 2 is 2.00 bits per heavy atom. The van der Waals surface area contributed by atoms with Crippen LogP contribution in [0.3, 0.4) is 0 Å². The third-order valence-corrected chi connectivity index (χ3v) is 3.66. The second-order valence-corrected chi connectivity index (χ2v) is 5.00. The highest BCUT2D eigenvalue weighted by molar-refractivity contribution is 6.30. The smallest absolute Gasteiger partial charge is 0.142 e. The van der Waals surface area contributed by atoms with Crippen LogP contribution in [0.15, 0.2) is 54.9 Å². The van der Waals surface area contributed by atoms with Crippen molar-refractivity contribution in [1.82, 2.24) is 4.98 Å². The monoisotopic (exact) mass is 286 g/mol. The van der Waals surface area contributed by atoms with E-state index in [2.05, 4.69) is 4.98 Å². The van der Waals surface area contributed by atoms with Crippen LogP contribution in [-0.2, 0) is 0 Å². The number of aromatic nitrogens is 1. The van der Waals surface area contributed by atoms with Gasteiger partial charge in [-0.25, -0.2) is 4.39 Å². The molecule has 3 aromatic rings. The van der Waals surface area contributed by atoms with Gasteiger partial charge in [0.1, 0.15) is 5.82 Å². The zero-order valence-electron chi connectivity index (χ0n) is 10.6. The number of hydrogen-bond donors (Lipinski definition) is 1. The summed E-state index contributed by atoms with van der Waals surface area (Å²) in [5, 5.41) is 2.13. The van der Waals surface area contributed by atoms with Crippen molar-refractivity contribution in [2.45, 2.75) is 6.04 Å². The Bertz CT molecular complexity index is 768. The molecule has 0 bridgehead atoms. The molecule has 3 rings (SSSR count). The van der Waals surface area contributed by atoms with E-state index in [1.54, 1.807) is 18.5 Å². The van der Waals surface area contributed by atoms with Crippen molar-refractivity contribution in [1.29, 1.82) is 0 Å². The number of benzene rings is 2. The average molecular weight is 287 g/mol. The molecule has 0 amide bonds. The molecule has 0 saturated carbocycles. The van der Waals surface area contributed by atoms with Crippen molar-refractivity contribution >= 4 is 22.4 Å². The third kappa shape index (κ3) is 2.26. The minimum absolute atomic E-state index is 0.0977. The van der Waals surface area contributed by atoms with Crippen LogP contribution in [0.1, 0.15) is 17.2 Å². The number of rotatable bonds is 2. The molecule has 4 heteroatoms. The van der Waals surface area contributed by atoms with Gasteiger partial charge in [-0.15, -0.1) is 0 Å². The molecule has 20 heavy (non-hydrogen) atoms. The van der Waals surface area contributed by atoms with Crippen molar-refractivity contribution in [2.75, 3.05) is 0 Å². The topological polar surface area (TPSA) is 38.9 Å². The minimum atomic E-state index is -0.460. The molecular weight excluding hydrogens is 275 g/mol. The van der Waals surface area contributed by atoms with E-state index in [1.807, 2.05) is 24.3 Å². The molecule has 1 atom stereocenters. The number of pyridine rings is 1. The maximum Gasteiger partial charge on any atom is 0.142 e. The molecule has 100 valence electrons. The number of fused-ring (bicyclic) bond motifs is 1. The van der Waals surface area contributed by atoms with Crippen LogP contribution in [0.4, 0.5) is 4.39 Å². The maximum atomic E-state index is 13.6. The molecule has 1 unspecified atom stereocenters. The van der Waals surface area contributed by atoms with Crippen LogP contribution < -0.4 is 5.73 Å². The van der Waals surface area contributed by atoms with Gasteiger partial charge in [-0.3, -0.25) is 4.98 Å². The van der Waals surface area contributed by atoms with Crippen LogP contribution in [0.5, 0.6) is 0 Å². The minimum Gasteiger partial charge on any atom is -0.320 e. The van der Waals surface area contributed by atoms with Crippen LogP contribution in [0, 0.1) is 5.82 Å². The molecule has 2 aromatic carbocycles. The molecule has 0 radical (unpaired) electrons. The molecule has 0 aliphatic rings. The van der Waals surface area contributed by atoms with E-state index in [4.69, 9.17) is 17.3 Å². The van der Waals surface area contributed by atoms with Gasteiger partial charge in [0.05, 0.1) is 11.1 Å². The fourth-order valence-electron chi connectivity index (χ4n) is 2.29. The second kappa shape index (κ2) is 5.19. The molecule has 0 aliphatic carbocycles. The summed E-state index contributed by atoms with van der Waals surface area (Å²) < 4.78 is 13.6. The molecule has 0 saturated heterocycles. The molecule has 1 aromatic heterocycles. The summed E-state index contributed by atoms with van der Waals surface area (Å²) in [4.78, 5) is 4.13. The van der Waals surface area contributed by atoms with Crippen LogP contribution in [0.25, 0.3) is 10.8 Å². The molecule has 0 fully saturated rings. The van der Waals surface area contributed by atoms with Gasteiger partial charge >= 0.3 is 0 Å². The fourth-order valence-corrected chi connectivity index (χ4v) is 2.41. The molecular formula is C16H12ClFN2. The molecule has 2 N–H and O–H groups in total. The Morgan fingerprint density at radius 3 is 2.80 bits per heavy atom. The summed E-state index contributed by atoms with van der Waals surface area (Å²) in [6.45, 7) is 0. The fraction of sp³-hybridized carbons (Fsp3) is 0.0625. The lowest BCUT2D eigenvalue weighted by Gasteiger charge is -2.15. The number of nitrogens with two attached hydrogens (primary N) is 1. The first-order valence-electron chi connectivity index (χ1n) is 6.20. The van der Waals surface area contributed by atoms with Crippen molar-refractivity contribution in [3.63, 3.8) is 0 Å². The van der Waals surface area contributed by atoms with Gasteiger partial charge in [0.2, 0.25) is 0 Å². The van der Waals surface area contributed by atoms with Crippen LogP contribution in [0.2, 0.25) is 5.02 Å². The predicted molar refractivity (Wildman–Crippen MR) is 79.2 cm³/mol. The molecule has 1 heterocycles. The number of halogens is 2. The zero-order valence-corrected chi connectivity index (χ0v) is 11.3. The summed E-state index contributed by atoms with van der Waals surface area (Å²) in [5.41, 5.74) is 7.86. The van der Waals surface area contributed by atoms with Gasteiger partial charge in [0.25, 0.3) is 0 Å². The standard InChI is InChI=1S/C16H12ClFN2/c17-14-5-4-11(8-15(14)18)16(19)12-3-1-2-10-6-7-20-9-13(10)12/h1-9,16H,19H2. The summed E-state index contributed by atoms with van der Waals surface area (Å²) in [7, 11) is 0. The summed E-state index contributed by atoms with van der Waals surface area (Å²) in [5.74, 6) is -0.460. The highest BCUT2D eigenvalue weighted by Crippen LogP contribution is 2.28. The predicted octanol–water partition coefficient (Wildman–Crippen LogP) is 4.08. The Morgan fingerprint density at radius 1 is 1.15 bits per heavy atom. The first kappa shape index (κ1) is 13.0. The van der Waals surface area contributed by atoms with Crippen molar-refractivity contribution in [3.05, 3.63) is 76.8 Å². The van der Waals surface area contributed by atoms with E-state index < -0.39 is 11.9 Å². The van der Waals surface area contributed by atoms with Gasteiger partial charge in [0, 0.05) is 17.8 Å². The Hall–Kier alpha value is -1.97. The Labute approximate surface area is 121 Å². The van der Waals surface area contributed by atoms with Gasteiger partial charge < -0.3 is 5.73 Å². The lowest BCUT2D eigenvalue weighted by molar-refractivity contribution is 0.624. The third-order valence-electron chi connectivity index (χ3n) is 3.36. The highest BCUT2D eigenvalue weighted by atomic mass is 35.5. The number of hydrogen-bond acceptors (Lipinski definition) is 2. The van der Waals surface area contributed by atoms with Gasteiger partial charge in [-0.05, 0) is 34.7 Å². The average Bonchev–Trinajstić information content (AvgIpc) is 2.49. The van der Waals surface area contributed by atoms with E-state index in [0.29, 0.717) is 5.56 Å². The van der Waals surface area contributed by atoms with Crippen molar-refractivity contribution in [3.8, 4) is 0 Å². The summed E-state index contributed by atoms with van der Waals surface area (Å²) in [6, 6.07) is 12.0. The SMILES string of the molecule is NC(c1ccc(Cl)c(F)c1)c1cccc2ccncc12. The maximum absolute atomic E-state index is 13.6. The largest absolute Gasteiger partial charge is 0.320 e. The zero-order chi connectivity index (χ0) is 14.1. The Balaban J connectivity index is 2.12. The lowest BCUT2D eigenvalue weighted by atomic mass is 9.95. The van der Waals surface area contributed by atoms with Crippen LogP contribution >= 0.6 is 11.6 Å².